The fourth-order valence-electron chi connectivity index (χ4n) is 2.74. The summed E-state index contributed by atoms with van der Waals surface area (Å²) in [5, 5.41) is 0. The van der Waals surface area contributed by atoms with E-state index in [4.69, 9.17) is 14.2 Å². The van der Waals surface area contributed by atoms with E-state index >= 15 is 0 Å². The van der Waals surface area contributed by atoms with Crippen LogP contribution in [0.1, 0.15) is 5.56 Å². The lowest BCUT2D eigenvalue weighted by atomic mass is 10.2. The quantitative estimate of drug-likeness (QED) is 0.498. The molecular formula is C22H24N2O3S. The van der Waals surface area contributed by atoms with Crippen LogP contribution in [0.2, 0.25) is 0 Å². The van der Waals surface area contributed by atoms with Crippen molar-refractivity contribution in [2.45, 2.75) is 16.3 Å². The van der Waals surface area contributed by atoms with Crippen LogP contribution in [0.4, 0.5) is 5.69 Å². The van der Waals surface area contributed by atoms with Crippen molar-refractivity contribution < 1.29 is 14.2 Å². The first-order valence-corrected chi connectivity index (χ1v) is 9.66. The maximum atomic E-state index is 5.59. The van der Waals surface area contributed by atoms with E-state index in [9.17, 15) is 0 Å². The number of rotatable bonds is 9. The van der Waals surface area contributed by atoms with E-state index in [0.717, 1.165) is 38.3 Å². The van der Waals surface area contributed by atoms with E-state index in [2.05, 4.69) is 16.9 Å². The number of benzene rings is 3. The smallest absolute Gasteiger partial charge is 0.133 e. The van der Waals surface area contributed by atoms with E-state index in [1.165, 1.54) is 0 Å². The Morgan fingerprint density at radius 3 is 2.25 bits per heavy atom. The predicted octanol–water partition coefficient (Wildman–Crippen LogP) is 4.98. The van der Waals surface area contributed by atoms with Crippen molar-refractivity contribution in [3.05, 3.63) is 72.3 Å². The summed E-state index contributed by atoms with van der Waals surface area (Å²) in [6.45, 7) is 0.591. The van der Waals surface area contributed by atoms with Crippen LogP contribution in [0, 0.1) is 0 Å². The molecule has 0 amide bonds. The summed E-state index contributed by atoms with van der Waals surface area (Å²) in [6.07, 6.45) is 0. The Hall–Kier alpha value is -2.83. The fraction of sp³-hybridized carbons (Fsp3) is 0.182. The Labute approximate surface area is 170 Å². The molecule has 0 aliphatic rings. The first-order chi connectivity index (χ1) is 13.7. The third-order valence-electron chi connectivity index (χ3n) is 4.17. The van der Waals surface area contributed by atoms with Gasteiger partial charge in [0.05, 0.1) is 26.2 Å². The lowest BCUT2D eigenvalue weighted by molar-refractivity contribution is 0.394. The predicted molar refractivity (Wildman–Crippen MR) is 114 cm³/mol. The molecule has 3 rings (SSSR count). The zero-order valence-electron chi connectivity index (χ0n) is 16.2. The van der Waals surface area contributed by atoms with Crippen LogP contribution < -0.4 is 25.1 Å². The first kappa shape index (κ1) is 19.9. The molecule has 6 heteroatoms. The minimum absolute atomic E-state index is 0.591. The molecule has 0 saturated heterocycles. The molecule has 28 heavy (non-hydrogen) atoms. The lowest BCUT2D eigenvalue weighted by Crippen LogP contribution is -2.21. The van der Waals surface area contributed by atoms with Crippen LogP contribution in [-0.2, 0) is 6.54 Å². The second-order valence-corrected chi connectivity index (χ2v) is 6.98. The van der Waals surface area contributed by atoms with E-state index < -0.39 is 0 Å². The van der Waals surface area contributed by atoms with Gasteiger partial charge in [-0.1, -0.05) is 36.0 Å². The summed E-state index contributed by atoms with van der Waals surface area (Å²) in [7, 11) is 5.01. The molecular weight excluding hydrogens is 372 g/mol. The Balaban J connectivity index is 1.83. The van der Waals surface area contributed by atoms with Gasteiger partial charge in [0.2, 0.25) is 0 Å². The second-order valence-electron chi connectivity index (χ2n) is 5.90. The molecule has 0 radical (unpaired) electrons. The van der Waals surface area contributed by atoms with E-state index in [1.54, 1.807) is 33.1 Å². The van der Waals surface area contributed by atoms with Gasteiger partial charge in [0, 0.05) is 22.7 Å². The fourth-order valence-corrected chi connectivity index (χ4v) is 3.85. The minimum atomic E-state index is 0.591. The number of hydrazine groups is 1. The Morgan fingerprint density at radius 2 is 1.54 bits per heavy atom. The summed E-state index contributed by atoms with van der Waals surface area (Å²) in [5.41, 5.74) is 8.55. The molecule has 0 aromatic heterocycles. The highest BCUT2D eigenvalue weighted by Crippen LogP contribution is 2.40. The molecule has 0 heterocycles. The van der Waals surface area contributed by atoms with Crippen molar-refractivity contribution in [3.63, 3.8) is 0 Å². The van der Waals surface area contributed by atoms with Crippen molar-refractivity contribution >= 4 is 17.4 Å². The highest BCUT2D eigenvalue weighted by molar-refractivity contribution is 7.99. The maximum absolute atomic E-state index is 5.59. The molecule has 2 N–H and O–H groups in total. The molecule has 0 spiro atoms. The standard InChI is InChI=1S/C22H24N2O3S/c1-25-17-12-13-20(27-3)22(14-17)28-21-11-7-10-19(26-2)18(21)15-23-24-16-8-5-4-6-9-16/h4-14,23-24H,15H2,1-3H3. The minimum Gasteiger partial charge on any atom is -0.497 e. The molecule has 0 fully saturated rings. The number of hydrogen-bond acceptors (Lipinski definition) is 6. The molecule has 0 aliphatic carbocycles. The van der Waals surface area contributed by atoms with Crippen LogP contribution in [-0.4, -0.2) is 21.3 Å². The summed E-state index contributed by atoms with van der Waals surface area (Å²) in [4.78, 5) is 2.06. The number of nitrogens with one attached hydrogen (secondary N) is 2. The van der Waals surface area contributed by atoms with Crippen LogP contribution in [0.3, 0.4) is 0 Å². The van der Waals surface area contributed by atoms with E-state index in [0.29, 0.717) is 6.54 Å². The number of anilines is 1. The van der Waals surface area contributed by atoms with Gasteiger partial charge in [-0.2, -0.15) is 0 Å². The van der Waals surface area contributed by atoms with Gasteiger partial charge in [0.1, 0.15) is 17.2 Å². The molecule has 0 aliphatic heterocycles. The summed E-state index contributed by atoms with van der Waals surface area (Å²) >= 11 is 1.62. The van der Waals surface area contributed by atoms with Crippen molar-refractivity contribution in [2.24, 2.45) is 0 Å². The highest BCUT2D eigenvalue weighted by Gasteiger charge is 2.13. The molecule has 0 saturated carbocycles. The third kappa shape index (κ3) is 4.91. The number of ether oxygens (including phenoxy) is 3. The van der Waals surface area contributed by atoms with E-state index in [-0.39, 0.29) is 0 Å². The van der Waals surface area contributed by atoms with Crippen LogP contribution in [0.15, 0.2) is 76.5 Å². The highest BCUT2D eigenvalue weighted by atomic mass is 32.2. The Bertz CT molecular complexity index is 904. The molecule has 0 atom stereocenters. The van der Waals surface area contributed by atoms with Gasteiger partial charge in [-0.15, -0.1) is 0 Å². The monoisotopic (exact) mass is 396 g/mol. The lowest BCUT2D eigenvalue weighted by Gasteiger charge is -2.16. The Kier molecular flexibility index (Phi) is 7.06. The number of methoxy groups -OCH3 is 3. The zero-order chi connectivity index (χ0) is 19.8. The van der Waals surface area contributed by atoms with Gasteiger partial charge >= 0.3 is 0 Å². The van der Waals surface area contributed by atoms with Gasteiger partial charge in [0.25, 0.3) is 0 Å². The largest absolute Gasteiger partial charge is 0.497 e. The normalized spacial score (nSPS) is 10.4. The summed E-state index contributed by atoms with van der Waals surface area (Å²) in [5.74, 6) is 2.42. The van der Waals surface area contributed by atoms with Gasteiger partial charge in [-0.25, -0.2) is 5.43 Å². The average molecular weight is 397 g/mol. The maximum Gasteiger partial charge on any atom is 0.133 e. The first-order valence-electron chi connectivity index (χ1n) is 8.85. The summed E-state index contributed by atoms with van der Waals surface area (Å²) in [6, 6.07) is 21.8. The SMILES string of the molecule is COc1ccc(OC)c(Sc2cccc(OC)c2CNNc2ccccc2)c1. The Morgan fingerprint density at radius 1 is 0.750 bits per heavy atom. The van der Waals surface area contributed by atoms with Crippen molar-refractivity contribution in [2.75, 3.05) is 26.8 Å². The summed E-state index contributed by atoms with van der Waals surface area (Å²) < 4.78 is 16.5. The van der Waals surface area contributed by atoms with Gasteiger partial charge in [-0.3, -0.25) is 0 Å². The number of hydrogen-bond donors (Lipinski definition) is 2. The van der Waals surface area contributed by atoms with Gasteiger partial charge in [-0.05, 0) is 42.5 Å². The second kappa shape index (κ2) is 9.92. The topological polar surface area (TPSA) is 51.8 Å². The molecule has 5 nitrogen and oxygen atoms in total. The van der Waals surface area contributed by atoms with Gasteiger partial charge < -0.3 is 19.6 Å². The molecule has 3 aromatic rings. The number of para-hydroxylation sites is 1. The van der Waals surface area contributed by atoms with Crippen molar-refractivity contribution in [3.8, 4) is 17.2 Å². The average Bonchev–Trinajstić information content (AvgIpc) is 2.75. The van der Waals surface area contributed by atoms with E-state index in [1.807, 2.05) is 60.7 Å². The van der Waals surface area contributed by atoms with Crippen LogP contribution >= 0.6 is 11.8 Å². The molecule has 0 unspecified atom stereocenters. The zero-order valence-corrected chi connectivity index (χ0v) is 17.0. The third-order valence-corrected chi connectivity index (χ3v) is 5.31. The van der Waals surface area contributed by atoms with Crippen molar-refractivity contribution in [1.82, 2.24) is 5.43 Å². The van der Waals surface area contributed by atoms with Gasteiger partial charge in [0.15, 0.2) is 0 Å². The van der Waals surface area contributed by atoms with Crippen LogP contribution in [0.25, 0.3) is 0 Å². The molecule has 146 valence electrons. The molecule has 3 aromatic carbocycles. The van der Waals surface area contributed by atoms with Crippen molar-refractivity contribution in [1.29, 1.82) is 0 Å². The molecule has 0 bridgehead atoms. The van der Waals surface area contributed by atoms with Crippen LogP contribution in [0.5, 0.6) is 17.2 Å².